The van der Waals surface area contributed by atoms with Gasteiger partial charge in [-0.2, -0.15) is 0 Å². The van der Waals surface area contributed by atoms with Gasteiger partial charge in [-0.15, -0.1) is 0 Å². The van der Waals surface area contributed by atoms with Crippen molar-refractivity contribution >= 4 is 0 Å². The Morgan fingerprint density at radius 2 is 1.89 bits per heavy atom. The Morgan fingerprint density at radius 1 is 1.22 bits per heavy atom. The molecule has 0 spiro atoms. The molecule has 0 radical (unpaired) electrons. The van der Waals surface area contributed by atoms with Gasteiger partial charge in [0.1, 0.15) is 0 Å². The molecule has 1 aromatic rings. The van der Waals surface area contributed by atoms with E-state index in [-0.39, 0.29) is 18.1 Å². The molecule has 0 amide bonds. The predicted molar refractivity (Wildman–Crippen MR) is 68.9 cm³/mol. The highest BCUT2D eigenvalue weighted by molar-refractivity contribution is 5.42. The second kappa shape index (κ2) is 7.20. The summed E-state index contributed by atoms with van der Waals surface area (Å²) >= 11 is 0. The summed E-state index contributed by atoms with van der Waals surface area (Å²) in [5, 5.41) is 12.8. The van der Waals surface area contributed by atoms with E-state index in [4.69, 9.17) is 14.2 Å². The number of ether oxygens (including phenoxy) is 3. The smallest absolute Gasteiger partial charge is 0.169 e. The zero-order chi connectivity index (χ0) is 13.5. The van der Waals surface area contributed by atoms with E-state index in [2.05, 4.69) is 5.32 Å². The number of aromatic hydroxyl groups is 1. The molecule has 0 fully saturated rings. The SMILES string of the molecule is COc1cc(C(C)NCC(OC)OC)ccc1O. The Morgan fingerprint density at radius 3 is 2.44 bits per heavy atom. The largest absolute Gasteiger partial charge is 0.504 e. The van der Waals surface area contributed by atoms with Crippen LogP contribution in [0.2, 0.25) is 0 Å². The molecule has 2 N–H and O–H groups in total. The number of benzene rings is 1. The molecule has 18 heavy (non-hydrogen) atoms. The summed E-state index contributed by atoms with van der Waals surface area (Å²) in [5.41, 5.74) is 1.02. The molecule has 0 saturated heterocycles. The highest BCUT2D eigenvalue weighted by Crippen LogP contribution is 2.28. The average Bonchev–Trinajstić information content (AvgIpc) is 2.40. The molecule has 0 aliphatic carbocycles. The summed E-state index contributed by atoms with van der Waals surface area (Å²) in [6, 6.07) is 5.38. The van der Waals surface area contributed by atoms with Crippen LogP contribution < -0.4 is 10.1 Å². The number of hydrogen-bond donors (Lipinski definition) is 2. The first kappa shape index (κ1) is 14.8. The van der Waals surface area contributed by atoms with Crippen LogP contribution in [0.25, 0.3) is 0 Å². The van der Waals surface area contributed by atoms with Crippen LogP contribution >= 0.6 is 0 Å². The monoisotopic (exact) mass is 255 g/mol. The molecule has 1 aromatic carbocycles. The van der Waals surface area contributed by atoms with Crippen molar-refractivity contribution in [1.82, 2.24) is 5.32 Å². The van der Waals surface area contributed by atoms with Crippen molar-refractivity contribution in [3.63, 3.8) is 0 Å². The summed E-state index contributed by atoms with van der Waals surface area (Å²) in [6.07, 6.45) is -0.272. The fraction of sp³-hybridized carbons (Fsp3) is 0.538. The second-order valence-corrected chi connectivity index (χ2v) is 3.96. The van der Waals surface area contributed by atoms with E-state index in [1.807, 2.05) is 19.1 Å². The molecule has 0 aliphatic heterocycles. The molecule has 0 bridgehead atoms. The van der Waals surface area contributed by atoms with Gasteiger partial charge in [0.15, 0.2) is 17.8 Å². The molecule has 5 heteroatoms. The zero-order valence-electron chi connectivity index (χ0n) is 11.3. The summed E-state index contributed by atoms with van der Waals surface area (Å²) in [5.74, 6) is 0.608. The van der Waals surface area contributed by atoms with Crippen molar-refractivity contribution in [2.45, 2.75) is 19.3 Å². The van der Waals surface area contributed by atoms with Gasteiger partial charge in [0.25, 0.3) is 0 Å². The molecule has 5 nitrogen and oxygen atoms in total. The average molecular weight is 255 g/mol. The lowest BCUT2D eigenvalue weighted by Crippen LogP contribution is -2.31. The standard InChI is InChI=1S/C13H21NO4/c1-9(14-8-13(17-3)18-4)10-5-6-11(15)12(7-10)16-2/h5-7,9,13-15H,8H2,1-4H3. The van der Waals surface area contributed by atoms with E-state index < -0.39 is 0 Å². The Labute approximate surface area is 108 Å². The number of methoxy groups -OCH3 is 3. The van der Waals surface area contributed by atoms with E-state index in [1.54, 1.807) is 20.3 Å². The van der Waals surface area contributed by atoms with E-state index in [0.29, 0.717) is 12.3 Å². The molecule has 0 heterocycles. The van der Waals surface area contributed by atoms with Gasteiger partial charge < -0.3 is 24.6 Å². The van der Waals surface area contributed by atoms with Gasteiger partial charge >= 0.3 is 0 Å². The van der Waals surface area contributed by atoms with Gasteiger partial charge in [-0.25, -0.2) is 0 Å². The van der Waals surface area contributed by atoms with Gasteiger partial charge in [-0.05, 0) is 24.6 Å². The van der Waals surface area contributed by atoms with Crippen LogP contribution in [0, 0.1) is 0 Å². The maximum absolute atomic E-state index is 9.53. The van der Waals surface area contributed by atoms with Crippen LogP contribution in [0.15, 0.2) is 18.2 Å². The number of phenols is 1. The third-order valence-electron chi connectivity index (χ3n) is 2.82. The van der Waals surface area contributed by atoms with Crippen LogP contribution in [0.5, 0.6) is 11.5 Å². The maximum Gasteiger partial charge on any atom is 0.169 e. The van der Waals surface area contributed by atoms with Crippen molar-refractivity contribution in [2.75, 3.05) is 27.9 Å². The Kier molecular flexibility index (Phi) is 5.91. The first-order valence-electron chi connectivity index (χ1n) is 5.78. The zero-order valence-corrected chi connectivity index (χ0v) is 11.3. The minimum Gasteiger partial charge on any atom is -0.504 e. The lowest BCUT2D eigenvalue weighted by molar-refractivity contribution is -0.0997. The normalized spacial score (nSPS) is 12.7. The summed E-state index contributed by atoms with van der Waals surface area (Å²) in [6.45, 7) is 2.60. The van der Waals surface area contributed by atoms with Crippen molar-refractivity contribution in [3.8, 4) is 11.5 Å². The van der Waals surface area contributed by atoms with Crippen LogP contribution in [0.3, 0.4) is 0 Å². The maximum atomic E-state index is 9.53. The predicted octanol–water partition coefficient (Wildman–Crippen LogP) is 1.67. The Balaban J connectivity index is 2.63. The number of phenolic OH excluding ortho intramolecular Hbond substituents is 1. The first-order valence-corrected chi connectivity index (χ1v) is 5.78. The molecular formula is C13H21NO4. The van der Waals surface area contributed by atoms with Crippen LogP contribution in [0.1, 0.15) is 18.5 Å². The highest BCUT2D eigenvalue weighted by atomic mass is 16.7. The van der Waals surface area contributed by atoms with Gasteiger partial charge in [0.2, 0.25) is 0 Å². The van der Waals surface area contributed by atoms with E-state index in [1.165, 1.54) is 7.11 Å². The quantitative estimate of drug-likeness (QED) is 0.726. The van der Waals surface area contributed by atoms with Gasteiger partial charge in [-0.3, -0.25) is 0 Å². The third kappa shape index (κ3) is 3.87. The fourth-order valence-corrected chi connectivity index (χ4v) is 1.62. The van der Waals surface area contributed by atoms with Crippen molar-refractivity contribution in [3.05, 3.63) is 23.8 Å². The molecule has 102 valence electrons. The minimum atomic E-state index is -0.272. The number of hydrogen-bond acceptors (Lipinski definition) is 5. The van der Waals surface area contributed by atoms with Crippen LogP contribution in [0.4, 0.5) is 0 Å². The lowest BCUT2D eigenvalue weighted by atomic mass is 10.1. The topological polar surface area (TPSA) is 60.0 Å². The van der Waals surface area contributed by atoms with E-state index in [0.717, 1.165) is 5.56 Å². The third-order valence-corrected chi connectivity index (χ3v) is 2.82. The van der Waals surface area contributed by atoms with E-state index in [9.17, 15) is 5.11 Å². The molecule has 1 unspecified atom stereocenters. The van der Waals surface area contributed by atoms with Gasteiger partial charge in [0, 0.05) is 26.8 Å². The fourth-order valence-electron chi connectivity index (χ4n) is 1.62. The minimum absolute atomic E-state index is 0.104. The van der Waals surface area contributed by atoms with Crippen molar-refractivity contribution in [2.24, 2.45) is 0 Å². The van der Waals surface area contributed by atoms with Crippen molar-refractivity contribution < 1.29 is 19.3 Å². The highest BCUT2D eigenvalue weighted by Gasteiger charge is 2.11. The Bertz CT molecular complexity index is 366. The van der Waals surface area contributed by atoms with E-state index >= 15 is 0 Å². The summed E-state index contributed by atoms with van der Waals surface area (Å²) < 4.78 is 15.3. The van der Waals surface area contributed by atoms with Crippen LogP contribution in [-0.4, -0.2) is 39.3 Å². The Hall–Kier alpha value is -1.30. The second-order valence-electron chi connectivity index (χ2n) is 3.96. The summed E-state index contributed by atoms with van der Waals surface area (Å²) in [7, 11) is 4.73. The van der Waals surface area contributed by atoms with Crippen LogP contribution in [-0.2, 0) is 9.47 Å². The molecule has 0 aromatic heterocycles. The summed E-state index contributed by atoms with van der Waals surface area (Å²) in [4.78, 5) is 0. The molecule has 0 saturated carbocycles. The van der Waals surface area contributed by atoms with Gasteiger partial charge in [0.05, 0.1) is 7.11 Å². The molecule has 1 atom stereocenters. The number of rotatable bonds is 7. The molecule has 1 rings (SSSR count). The molecule has 0 aliphatic rings. The number of nitrogens with one attached hydrogen (secondary N) is 1. The van der Waals surface area contributed by atoms with Crippen molar-refractivity contribution in [1.29, 1.82) is 0 Å². The molecular weight excluding hydrogens is 234 g/mol. The lowest BCUT2D eigenvalue weighted by Gasteiger charge is -2.19. The first-order chi connectivity index (χ1) is 8.62. The van der Waals surface area contributed by atoms with Gasteiger partial charge in [-0.1, -0.05) is 6.07 Å².